The highest BCUT2D eigenvalue weighted by Gasteiger charge is 2.15. The third-order valence-electron chi connectivity index (χ3n) is 4.13. The molecule has 1 heterocycles. The van der Waals surface area contributed by atoms with Crippen LogP contribution >= 0.6 is 0 Å². The molecule has 32 heavy (non-hydrogen) atoms. The highest BCUT2D eigenvalue weighted by Crippen LogP contribution is 2.23. The first-order chi connectivity index (χ1) is 15.1. The Bertz CT molecular complexity index is 1380. The Morgan fingerprint density at radius 1 is 0.844 bits per heavy atom. The molecule has 0 aliphatic heterocycles. The van der Waals surface area contributed by atoms with Gasteiger partial charge in [0.25, 0.3) is 5.95 Å². The summed E-state index contributed by atoms with van der Waals surface area (Å²) in [6.07, 6.45) is -1.12. The summed E-state index contributed by atoms with van der Waals surface area (Å²) in [5, 5.41) is 5.33. The zero-order valence-corrected chi connectivity index (χ0v) is 18.0. The molecule has 2 aromatic carbocycles. The predicted octanol–water partition coefficient (Wildman–Crippen LogP) is 2.60. The molecule has 0 atom stereocenters. The van der Waals surface area contributed by atoms with Gasteiger partial charge >= 0.3 is 6.08 Å². The molecule has 0 radical (unpaired) electrons. The summed E-state index contributed by atoms with van der Waals surface area (Å²) in [6, 6.07) is 11.0. The van der Waals surface area contributed by atoms with Crippen molar-refractivity contribution in [1.29, 1.82) is 0 Å². The molecule has 0 aliphatic rings. The molecule has 0 unspecified atom stereocenters. The smallest absolute Gasteiger partial charge is 0.315 e. The summed E-state index contributed by atoms with van der Waals surface area (Å²) in [5.74, 6) is 5.52. The van der Waals surface area contributed by atoms with E-state index in [2.05, 4.69) is 33.4 Å². The fourth-order valence-corrected chi connectivity index (χ4v) is 3.88. The number of aromatic nitrogens is 3. The molecule has 3 aromatic rings. The number of hydrazine groups is 1. The van der Waals surface area contributed by atoms with E-state index in [1.807, 2.05) is 0 Å². The maximum atomic E-state index is 14.0. The quantitative estimate of drug-likeness (QED) is 0.367. The first-order valence-corrected chi connectivity index (χ1v) is 11.8. The van der Waals surface area contributed by atoms with E-state index in [0.29, 0.717) is 5.69 Å². The van der Waals surface area contributed by atoms with Crippen molar-refractivity contribution in [1.82, 2.24) is 15.0 Å². The van der Waals surface area contributed by atoms with Gasteiger partial charge in [-0.05, 0) is 48.5 Å². The number of anilines is 4. The molecule has 0 aliphatic carbocycles. The molecule has 0 bridgehead atoms. The van der Waals surface area contributed by atoms with Gasteiger partial charge < -0.3 is 5.32 Å². The van der Waals surface area contributed by atoms with Crippen LogP contribution in [0.1, 0.15) is 0 Å². The monoisotopic (exact) mass is 476 g/mol. The lowest BCUT2D eigenvalue weighted by molar-refractivity contribution is 0.534. The van der Waals surface area contributed by atoms with Gasteiger partial charge in [-0.15, -0.1) is 0 Å². The first-order valence-electron chi connectivity index (χ1n) is 8.74. The Balaban J connectivity index is 1.85. The molecular weight excluding hydrogens is 459 g/mol. The third kappa shape index (κ3) is 4.96. The lowest BCUT2D eigenvalue weighted by Gasteiger charge is -2.17. The summed E-state index contributed by atoms with van der Waals surface area (Å²) in [6.45, 7) is 6.51. The van der Waals surface area contributed by atoms with Crippen LogP contribution in [0.4, 0.5) is 27.7 Å². The van der Waals surface area contributed by atoms with Gasteiger partial charge in [0.2, 0.25) is 5.95 Å². The third-order valence-corrected chi connectivity index (χ3v) is 6.87. The van der Waals surface area contributed by atoms with Crippen molar-refractivity contribution < 1.29 is 21.2 Å². The minimum absolute atomic E-state index is 0.00995. The molecule has 0 amide bonds. The van der Waals surface area contributed by atoms with E-state index >= 15 is 0 Å². The zero-order valence-electron chi connectivity index (χ0n) is 16.4. The summed E-state index contributed by atoms with van der Waals surface area (Å²) in [7, 11) is -7.21. The molecular formula is C19H17FN6O4S2. The molecule has 0 spiro atoms. The highest BCUT2D eigenvalue weighted by molar-refractivity contribution is 7.94. The molecule has 13 heteroatoms. The van der Waals surface area contributed by atoms with Crippen LogP contribution in [-0.4, -0.2) is 31.8 Å². The van der Waals surface area contributed by atoms with Gasteiger partial charge in [-0.1, -0.05) is 13.2 Å². The average molecular weight is 477 g/mol. The highest BCUT2D eigenvalue weighted by atomic mass is 32.2. The van der Waals surface area contributed by atoms with E-state index in [4.69, 9.17) is 5.84 Å². The van der Waals surface area contributed by atoms with Crippen LogP contribution in [0.25, 0.3) is 0 Å². The van der Waals surface area contributed by atoms with E-state index in [0.717, 1.165) is 15.8 Å². The van der Waals surface area contributed by atoms with Crippen LogP contribution in [0.15, 0.2) is 82.3 Å². The van der Waals surface area contributed by atoms with E-state index in [1.54, 1.807) is 0 Å². The molecule has 0 saturated carbocycles. The average Bonchev–Trinajstić information content (AvgIpc) is 2.78. The van der Waals surface area contributed by atoms with Gasteiger partial charge in [-0.2, -0.15) is 19.3 Å². The lowest BCUT2D eigenvalue weighted by Crippen LogP contribution is -2.28. The molecule has 1 aromatic heterocycles. The van der Waals surface area contributed by atoms with Crippen LogP contribution in [0.3, 0.4) is 0 Å². The Labute approximate surface area is 183 Å². The fraction of sp³-hybridized carbons (Fsp3) is 0. The van der Waals surface area contributed by atoms with Gasteiger partial charge in [0.05, 0.1) is 15.5 Å². The summed E-state index contributed by atoms with van der Waals surface area (Å²) >= 11 is 0. The Morgan fingerprint density at radius 3 is 1.84 bits per heavy atom. The van der Waals surface area contributed by atoms with Crippen LogP contribution in [0, 0.1) is 6.08 Å². The van der Waals surface area contributed by atoms with Crippen molar-refractivity contribution in [2.24, 2.45) is 5.84 Å². The van der Waals surface area contributed by atoms with E-state index in [-0.39, 0.29) is 27.4 Å². The normalized spacial score (nSPS) is 11.6. The number of benzene rings is 2. The number of hydrogen-bond acceptors (Lipinski definition) is 10. The largest absolute Gasteiger partial charge is 0.324 e. The fourth-order valence-electron chi connectivity index (χ4n) is 2.46. The topological polar surface area (TPSA) is 148 Å². The zero-order chi connectivity index (χ0) is 23.5. The van der Waals surface area contributed by atoms with Crippen molar-refractivity contribution in [3.8, 4) is 0 Å². The molecule has 0 fully saturated rings. The van der Waals surface area contributed by atoms with Crippen molar-refractivity contribution in [2.45, 2.75) is 9.79 Å². The number of nitrogens with one attached hydrogen (secondary N) is 1. The van der Waals surface area contributed by atoms with Gasteiger partial charge in [-0.3, -0.25) is 0 Å². The van der Waals surface area contributed by atoms with Crippen molar-refractivity contribution in [2.75, 3.05) is 10.3 Å². The van der Waals surface area contributed by atoms with Crippen molar-refractivity contribution in [3.63, 3.8) is 0 Å². The summed E-state index contributed by atoms with van der Waals surface area (Å²) in [4.78, 5) is 11.2. The van der Waals surface area contributed by atoms with Gasteiger partial charge in [0.1, 0.15) is 0 Å². The predicted molar refractivity (Wildman–Crippen MR) is 117 cm³/mol. The maximum Gasteiger partial charge on any atom is 0.315 e. The first kappa shape index (κ1) is 23.0. The SMILES string of the molecule is C=CS(=O)(=O)c1ccc(Nc2nc(F)nc(N(N)c3ccc(S(=O)(=O)C=C)cc3)n2)cc1. The second-order valence-electron chi connectivity index (χ2n) is 6.16. The second-order valence-corrected chi connectivity index (χ2v) is 9.95. The van der Waals surface area contributed by atoms with Gasteiger partial charge in [-0.25, -0.2) is 27.7 Å². The summed E-state index contributed by atoms with van der Waals surface area (Å²) in [5.41, 5.74) is 0.663. The maximum absolute atomic E-state index is 14.0. The summed E-state index contributed by atoms with van der Waals surface area (Å²) < 4.78 is 61.2. The Morgan fingerprint density at radius 2 is 1.34 bits per heavy atom. The minimum Gasteiger partial charge on any atom is -0.324 e. The van der Waals surface area contributed by atoms with Crippen LogP contribution in [-0.2, 0) is 19.7 Å². The molecule has 0 saturated heterocycles. The number of rotatable bonds is 8. The minimum atomic E-state index is -3.62. The van der Waals surface area contributed by atoms with Crippen molar-refractivity contribution >= 4 is 42.9 Å². The van der Waals surface area contributed by atoms with Crippen LogP contribution < -0.4 is 16.2 Å². The lowest BCUT2D eigenvalue weighted by atomic mass is 10.3. The van der Waals surface area contributed by atoms with Gasteiger partial charge in [0.15, 0.2) is 19.7 Å². The number of hydrogen-bond donors (Lipinski definition) is 2. The van der Waals surface area contributed by atoms with E-state index < -0.39 is 25.8 Å². The second kappa shape index (κ2) is 8.82. The number of nitrogens with zero attached hydrogens (tertiary/aromatic N) is 4. The number of sulfone groups is 2. The molecule has 10 nitrogen and oxygen atoms in total. The van der Waals surface area contributed by atoms with Crippen LogP contribution in [0.2, 0.25) is 0 Å². The molecule has 3 N–H and O–H groups in total. The van der Waals surface area contributed by atoms with E-state index in [1.165, 1.54) is 48.5 Å². The number of nitrogens with two attached hydrogens (primary N) is 1. The van der Waals surface area contributed by atoms with Gasteiger partial charge in [0, 0.05) is 16.5 Å². The van der Waals surface area contributed by atoms with Crippen LogP contribution in [0.5, 0.6) is 0 Å². The van der Waals surface area contributed by atoms with E-state index in [9.17, 15) is 21.2 Å². The molecule has 3 rings (SSSR count). The molecule has 166 valence electrons. The number of halogens is 1. The standard InChI is InChI=1S/C19H17FN6O4S2/c1-3-31(27,28)15-9-5-13(6-10-15)22-18-23-17(20)24-19(25-18)26(21)14-7-11-16(12-8-14)32(29,30)4-2/h3-12H,1-2,21H2,(H,22,23,24,25). The van der Waals surface area contributed by atoms with Crippen molar-refractivity contribution in [3.05, 3.63) is 78.6 Å². The Kier molecular flexibility index (Phi) is 6.34. The Hall–Kier alpha value is -3.68.